The third-order valence-electron chi connectivity index (χ3n) is 2.32. The van der Waals surface area contributed by atoms with Gasteiger partial charge in [-0.15, -0.1) is 0 Å². The zero-order valence-corrected chi connectivity index (χ0v) is 13.8. The first-order chi connectivity index (χ1) is 8.61. The number of benzene rings is 2. The molecule has 0 N–H and O–H groups in total. The highest BCUT2D eigenvalue weighted by Gasteiger charge is 2.10. The SMILES string of the molecule is Fc1cccc(Oc2ccc(Br)cc2Br)c1CBr. The summed E-state index contributed by atoms with van der Waals surface area (Å²) in [4.78, 5) is 0. The quantitative estimate of drug-likeness (QED) is 0.531. The Morgan fingerprint density at radius 3 is 2.50 bits per heavy atom. The molecule has 0 aliphatic carbocycles. The minimum atomic E-state index is -0.280. The summed E-state index contributed by atoms with van der Waals surface area (Å²) in [6.45, 7) is 0. The predicted octanol–water partition coefficient (Wildman–Crippen LogP) is 6.04. The second kappa shape index (κ2) is 6.17. The highest BCUT2D eigenvalue weighted by Crippen LogP contribution is 2.34. The lowest BCUT2D eigenvalue weighted by Crippen LogP contribution is -1.93. The first-order valence-corrected chi connectivity index (χ1v) is 7.79. The van der Waals surface area contributed by atoms with Crippen molar-refractivity contribution in [2.75, 3.05) is 0 Å². The molecule has 0 radical (unpaired) electrons. The van der Waals surface area contributed by atoms with Crippen LogP contribution in [0.3, 0.4) is 0 Å². The van der Waals surface area contributed by atoms with Crippen molar-refractivity contribution in [3.63, 3.8) is 0 Å². The van der Waals surface area contributed by atoms with E-state index in [0.717, 1.165) is 8.95 Å². The third kappa shape index (κ3) is 3.13. The molecular formula is C13H8Br3FO. The van der Waals surface area contributed by atoms with Crippen LogP contribution in [-0.2, 0) is 5.33 Å². The second-order valence-electron chi connectivity index (χ2n) is 3.53. The van der Waals surface area contributed by atoms with Gasteiger partial charge in [0.15, 0.2) is 0 Å². The predicted molar refractivity (Wildman–Crippen MR) is 80.9 cm³/mol. The zero-order valence-electron chi connectivity index (χ0n) is 9.09. The fourth-order valence-corrected chi connectivity index (χ4v) is 3.11. The summed E-state index contributed by atoms with van der Waals surface area (Å²) in [6.07, 6.45) is 0. The van der Waals surface area contributed by atoms with Gasteiger partial charge in [-0.25, -0.2) is 4.39 Å². The van der Waals surface area contributed by atoms with Gasteiger partial charge >= 0.3 is 0 Å². The van der Waals surface area contributed by atoms with Crippen molar-refractivity contribution >= 4 is 47.8 Å². The summed E-state index contributed by atoms with van der Waals surface area (Å²) in [5.74, 6) is 0.874. The van der Waals surface area contributed by atoms with Gasteiger partial charge in [0, 0.05) is 15.4 Å². The molecule has 0 heterocycles. The Morgan fingerprint density at radius 2 is 1.83 bits per heavy atom. The lowest BCUT2D eigenvalue weighted by atomic mass is 10.2. The Bertz CT molecular complexity index is 572. The van der Waals surface area contributed by atoms with Crippen molar-refractivity contribution < 1.29 is 9.13 Å². The van der Waals surface area contributed by atoms with Crippen molar-refractivity contribution in [3.8, 4) is 11.5 Å². The fourth-order valence-electron chi connectivity index (χ4n) is 1.44. The van der Waals surface area contributed by atoms with Crippen molar-refractivity contribution in [2.45, 2.75) is 5.33 Å². The van der Waals surface area contributed by atoms with E-state index in [1.165, 1.54) is 6.07 Å². The molecule has 0 spiro atoms. The molecule has 0 unspecified atom stereocenters. The highest BCUT2D eigenvalue weighted by molar-refractivity contribution is 9.11. The van der Waals surface area contributed by atoms with Crippen molar-refractivity contribution in [2.24, 2.45) is 0 Å². The summed E-state index contributed by atoms with van der Waals surface area (Å²) < 4.78 is 21.1. The van der Waals surface area contributed by atoms with E-state index in [2.05, 4.69) is 47.8 Å². The zero-order chi connectivity index (χ0) is 13.1. The van der Waals surface area contributed by atoms with Gasteiger partial charge in [0.1, 0.15) is 17.3 Å². The number of rotatable bonds is 3. The lowest BCUT2D eigenvalue weighted by molar-refractivity contribution is 0.468. The van der Waals surface area contributed by atoms with Gasteiger partial charge in [-0.1, -0.05) is 37.9 Å². The molecule has 0 saturated heterocycles. The Hall–Kier alpha value is -0.390. The minimum absolute atomic E-state index is 0.280. The van der Waals surface area contributed by atoms with Crippen LogP contribution in [0, 0.1) is 5.82 Å². The normalized spacial score (nSPS) is 10.4. The Kier molecular flexibility index (Phi) is 4.81. The van der Waals surface area contributed by atoms with Gasteiger partial charge < -0.3 is 4.74 Å². The van der Waals surface area contributed by atoms with Crippen LogP contribution in [-0.4, -0.2) is 0 Å². The van der Waals surface area contributed by atoms with Crippen molar-refractivity contribution in [1.82, 2.24) is 0 Å². The Morgan fingerprint density at radius 1 is 1.06 bits per heavy atom. The van der Waals surface area contributed by atoms with Gasteiger partial charge in [-0.2, -0.15) is 0 Å². The van der Waals surface area contributed by atoms with E-state index in [0.29, 0.717) is 22.4 Å². The summed E-state index contributed by atoms with van der Waals surface area (Å²) in [5.41, 5.74) is 0.507. The maximum Gasteiger partial charge on any atom is 0.141 e. The van der Waals surface area contributed by atoms with Crippen LogP contribution >= 0.6 is 47.8 Å². The van der Waals surface area contributed by atoms with E-state index in [9.17, 15) is 4.39 Å². The standard InChI is InChI=1S/C13H8Br3FO/c14-7-9-11(17)2-1-3-12(9)18-13-5-4-8(15)6-10(13)16/h1-6H,7H2. The van der Waals surface area contributed by atoms with E-state index >= 15 is 0 Å². The van der Waals surface area contributed by atoms with Gasteiger partial charge in [0.2, 0.25) is 0 Å². The maximum absolute atomic E-state index is 13.6. The summed E-state index contributed by atoms with van der Waals surface area (Å²) >= 11 is 10.0. The van der Waals surface area contributed by atoms with Crippen LogP contribution in [0.2, 0.25) is 0 Å². The first kappa shape index (κ1) is 14.0. The van der Waals surface area contributed by atoms with Gasteiger partial charge in [-0.05, 0) is 46.3 Å². The summed E-state index contributed by atoms with van der Waals surface area (Å²) in [5, 5.41) is 0.406. The molecule has 5 heteroatoms. The Balaban J connectivity index is 2.37. The van der Waals surface area contributed by atoms with Crippen LogP contribution in [0.25, 0.3) is 0 Å². The van der Waals surface area contributed by atoms with E-state index in [-0.39, 0.29) is 5.82 Å². The molecule has 0 aromatic heterocycles. The molecule has 94 valence electrons. The molecule has 0 amide bonds. The number of hydrogen-bond acceptors (Lipinski definition) is 1. The van der Waals surface area contributed by atoms with Gasteiger partial charge in [-0.3, -0.25) is 0 Å². The number of alkyl halides is 1. The average Bonchev–Trinajstić information content (AvgIpc) is 2.33. The molecule has 0 bridgehead atoms. The monoisotopic (exact) mass is 436 g/mol. The van der Waals surface area contributed by atoms with Crippen molar-refractivity contribution in [1.29, 1.82) is 0 Å². The molecule has 0 aliphatic rings. The van der Waals surface area contributed by atoms with Crippen LogP contribution in [0.4, 0.5) is 4.39 Å². The van der Waals surface area contributed by atoms with Crippen LogP contribution in [0.1, 0.15) is 5.56 Å². The molecule has 0 saturated carbocycles. The van der Waals surface area contributed by atoms with Gasteiger partial charge in [0.05, 0.1) is 4.47 Å². The minimum Gasteiger partial charge on any atom is -0.456 e. The third-order valence-corrected chi connectivity index (χ3v) is 4.00. The van der Waals surface area contributed by atoms with Crippen LogP contribution < -0.4 is 4.74 Å². The van der Waals surface area contributed by atoms with E-state index in [1.807, 2.05) is 18.2 Å². The molecule has 0 atom stereocenters. The molecule has 2 rings (SSSR count). The molecular weight excluding hydrogens is 431 g/mol. The topological polar surface area (TPSA) is 9.23 Å². The lowest BCUT2D eigenvalue weighted by Gasteiger charge is -2.11. The molecule has 1 nitrogen and oxygen atoms in total. The number of ether oxygens (including phenoxy) is 1. The smallest absolute Gasteiger partial charge is 0.141 e. The van der Waals surface area contributed by atoms with Gasteiger partial charge in [0.25, 0.3) is 0 Å². The molecule has 0 aliphatic heterocycles. The molecule has 2 aromatic rings. The average molecular weight is 439 g/mol. The fraction of sp³-hybridized carbons (Fsp3) is 0.0769. The Labute approximate surface area is 130 Å². The second-order valence-corrected chi connectivity index (χ2v) is 5.86. The van der Waals surface area contributed by atoms with Crippen molar-refractivity contribution in [3.05, 3.63) is 56.7 Å². The highest BCUT2D eigenvalue weighted by atomic mass is 79.9. The van der Waals surface area contributed by atoms with Crippen LogP contribution in [0.15, 0.2) is 45.3 Å². The molecule has 18 heavy (non-hydrogen) atoms. The van der Waals surface area contributed by atoms with E-state index < -0.39 is 0 Å². The largest absolute Gasteiger partial charge is 0.456 e. The molecule has 2 aromatic carbocycles. The number of hydrogen-bond donors (Lipinski definition) is 0. The molecule has 0 fully saturated rings. The summed E-state index contributed by atoms with van der Waals surface area (Å²) in [6, 6.07) is 10.4. The van der Waals surface area contributed by atoms with E-state index in [4.69, 9.17) is 4.74 Å². The number of halogens is 4. The maximum atomic E-state index is 13.6. The first-order valence-electron chi connectivity index (χ1n) is 5.08. The summed E-state index contributed by atoms with van der Waals surface area (Å²) in [7, 11) is 0. The van der Waals surface area contributed by atoms with Crippen LogP contribution in [0.5, 0.6) is 11.5 Å². The van der Waals surface area contributed by atoms with E-state index in [1.54, 1.807) is 12.1 Å².